The highest BCUT2D eigenvalue weighted by atomic mass is 36.0. The van der Waals surface area contributed by atoms with Crippen molar-refractivity contribution in [3.05, 3.63) is 36.5 Å². The Bertz CT molecular complexity index is 618. The molecule has 10 nitrogen and oxygen atoms in total. The molecule has 1 aliphatic heterocycles. The molecule has 0 bridgehead atoms. The van der Waals surface area contributed by atoms with Crippen LogP contribution in [-0.2, 0) is 42.7 Å². The zero-order valence-electron chi connectivity index (χ0n) is 16.2. The summed E-state index contributed by atoms with van der Waals surface area (Å²) in [6, 6.07) is 0. The molecule has 14 heteroatoms. The minimum absolute atomic E-state index is 0.181. The van der Waals surface area contributed by atoms with Crippen LogP contribution in [0.25, 0.3) is 0 Å². The minimum atomic E-state index is -1.67. The fraction of sp³-hybridized carbons (Fsp3) is 0.250. The third-order valence-electron chi connectivity index (χ3n) is 1.47. The molecule has 2 N–H and O–H groups in total. The van der Waals surface area contributed by atoms with Crippen molar-refractivity contribution in [3.63, 3.8) is 0 Å². The van der Waals surface area contributed by atoms with E-state index in [4.69, 9.17) is 20.9 Å². The number of nitrogens with one attached hydrogen (secondary N) is 1. The Morgan fingerprint density at radius 2 is 1.23 bits per heavy atom. The molecular weight excluding hydrogens is 489 g/mol. The lowest BCUT2D eigenvalue weighted by Gasteiger charge is -1.80. The summed E-state index contributed by atoms with van der Waals surface area (Å²) < 4.78 is 13.1. The van der Waals surface area contributed by atoms with Crippen LogP contribution in [-0.4, -0.2) is 58.1 Å². The second kappa shape index (κ2) is 24.9. The van der Waals surface area contributed by atoms with Crippen molar-refractivity contribution in [1.29, 1.82) is 0 Å². The summed E-state index contributed by atoms with van der Waals surface area (Å²) in [5.41, 5.74) is 0. The maximum Gasteiger partial charge on any atom is 0.338 e. The molecule has 0 aromatic carbocycles. The molecule has 0 aliphatic carbocycles. The van der Waals surface area contributed by atoms with Gasteiger partial charge in [-0.25, -0.2) is 18.6 Å². The third kappa shape index (κ3) is 56.2. The van der Waals surface area contributed by atoms with Crippen LogP contribution >= 0.6 is 33.0 Å². The van der Waals surface area contributed by atoms with Gasteiger partial charge in [0.1, 0.15) is 0 Å². The normalized spacial score (nSPS) is 11.1. The first-order chi connectivity index (χ1) is 13.7. The predicted octanol–water partition coefficient (Wildman–Crippen LogP) is 1.62. The first-order valence-corrected chi connectivity index (χ1v) is 10.4. The second-order valence-corrected chi connectivity index (χ2v) is 7.18. The molecule has 0 aromatic heterocycles. The number of aliphatic carboxylic acids is 1. The first-order valence-electron chi connectivity index (χ1n) is 7.25. The number of halogens is 3. The van der Waals surface area contributed by atoms with E-state index in [0.29, 0.717) is 0 Å². The molecule has 0 fully saturated rings. The molecule has 0 radical (unpaired) electrons. The van der Waals surface area contributed by atoms with Gasteiger partial charge in [0.25, 0.3) is 0 Å². The van der Waals surface area contributed by atoms with E-state index in [1.807, 2.05) is 14.1 Å². The summed E-state index contributed by atoms with van der Waals surface area (Å²) in [5.74, 6) is -2.69. The number of esters is 2. The molecule has 30 heavy (non-hydrogen) atoms. The molecule has 170 valence electrons. The maximum absolute atomic E-state index is 10.1. The van der Waals surface area contributed by atoms with Gasteiger partial charge in [0.05, 0.1) is 0 Å². The Balaban J connectivity index is -0.000000147. The number of carbonyl (C=O) groups excluding carboxylic acids is 5. The number of hydrogen-bond donors (Lipinski definition) is 2. The number of ketones is 2. The van der Waals surface area contributed by atoms with Crippen LogP contribution in [0.1, 0.15) is 13.8 Å². The highest BCUT2D eigenvalue weighted by molar-refractivity contribution is 8.26. The zero-order valence-corrected chi connectivity index (χ0v) is 19.3. The van der Waals surface area contributed by atoms with Gasteiger partial charge in [-0.1, -0.05) is 0 Å². The Labute approximate surface area is 189 Å². The van der Waals surface area contributed by atoms with Gasteiger partial charge < -0.3 is 15.2 Å². The quantitative estimate of drug-likeness (QED) is 0.247. The average molecular weight is 509 g/mol. The van der Waals surface area contributed by atoms with Crippen LogP contribution in [0.2, 0.25) is 0 Å². The van der Waals surface area contributed by atoms with Gasteiger partial charge in [0.2, 0.25) is 14.5 Å². The summed E-state index contributed by atoms with van der Waals surface area (Å²) in [5, 5.41) is 10.0. The summed E-state index contributed by atoms with van der Waals surface area (Å²) in [6.45, 7) is 2.63. The molecule has 1 aliphatic rings. The summed E-state index contributed by atoms with van der Waals surface area (Å²) in [7, 11) is 11.1. The Morgan fingerprint density at radius 1 is 0.933 bits per heavy atom. The van der Waals surface area contributed by atoms with E-state index in [-0.39, 0.29) is 11.6 Å². The van der Waals surface area contributed by atoms with Crippen molar-refractivity contribution in [3.8, 4) is 0 Å². The number of ether oxygens (including phenoxy) is 1. The van der Waals surface area contributed by atoms with E-state index in [0.717, 1.165) is 36.5 Å². The molecule has 0 saturated carbocycles. The van der Waals surface area contributed by atoms with Crippen molar-refractivity contribution in [2.75, 3.05) is 14.1 Å². The largest absolute Gasteiger partial charge is 0.478 e. The van der Waals surface area contributed by atoms with Crippen molar-refractivity contribution < 1.29 is 42.8 Å². The lowest BCUT2D eigenvalue weighted by atomic mass is 10.4. The molecule has 0 spiro atoms. The van der Waals surface area contributed by atoms with Crippen LogP contribution in [0.15, 0.2) is 36.5 Å². The lowest BCUT2D eigenvalue weighted by Crippen LogP contribution is -1.96. The molecule has 1 rings (SSSR count). The molecule has 1 heterocycles. The smallest absolute Gasteiger partial charge is 0.338 e. The second-order valence-electron chi connectivity index (χ2n) is 4.29. The van der Waals surface area contributed by atoms with Gasteiger partial charge in [0.15, 0.2) is 11.6 Å². The number of carboxylic acids is 1. The van der Waals surface area contributed by atoms with E-state index in [1.54, 1.807) is 0 Å². The number of cyclic esters (lactones) is 2. The Morgan fingerprint density at radius 3 is 1.33 bits per heavy atom. The van der Waals surface area contributed by atoms with Crippen molar-refractivity contribution in [2.45, 2.75) is 13.8 Å². The summed E-state index contributed by atoms with van der Waals surface area (Å²) in [6.07, 6.45) is 6.12. The molecule has 0 unspecified atom stereocenters. The maximum atomic E-state index is 10.1. The number of hydrogen-bond acceptors (Lipinski definition) is 9. The van der Waals surface area contributed by atoms with E-state index in [2.05, 4.69) is 31.4 Å². The Kier molecular flexibility index (Phi) is 29.2. The number of allylic oxidation sites excluding steroid dienone is 3. The number of carbonyl (C=O) groups is 6. The highest BCUT2D eigenvalue weighted by Gasteiger charge is 2.10. The molecule has 0 saturated heterocycles. The van der Waals surface area contributed by atoms with E-state index in [1.165, 1.54) is 13.8 Å². The van der Waals surface area contributed by atoms with Gasteiger partial charge in [-0.05, 0) is 51.7 Å². The molecular formula is C16H20Cl3NO9S. The van der Waals surface area contributed by atoms with Gasteiger partial charge in [-0.15, -0.1) is 0 Å². The van der Waals surface area contributed by atoms with E-state index < -0.39 is 32.4 Å². The average Bonchev–Trinajstić information content (AvgIpc) is 2.95. The van der Waals surface area contributed by atoms with Crippen LogP contribution in [0.5, 0.6) is 0 Å². The van der Waals surface area contributed by atoms with Gasteiger partial charge in [0, 0.05) is 45.7 Å². The molecule has 0 atom stereocenters. The lowest BCUT2D eigenvalue weighted by molar-refractivity contribution is -0.150. The fourth-order valence-electron chi connectivity index (χ4n) is 0.675. The topological polar surface area (TPSA) is 161 Å². The number of carboxylic acid groups (broad SMARTS) is 1. The van der Waals surface area contributed by atoms with Gasteiger partial charge >= 0.3 is 17.9 Å². The fourth-order valence-corrected chi connectivity index (χ4v) is 0.738. The van der Waals surface area contributed by atoms with Crippen LogP contribution < -0.4 is 5.32 Å². The Hall–Kier alpha value is -2.18. The first kappa shape index (κ1) is 35.3. The highest BCUT2D eigenvalue weighted by Crippen LogP contribution is 1.92. The van der Waals surface area contributed by atoms with E-state index in [9.17, 15) is 28.8 Å². The minimum Gasteiger partial charge on any atom is -0.478 e. The van der Waals surface area contributed by atoms with Crippen LogP contribution in [0, 0.1) is 0 Å². The summed E-state index contributed by atoms with van der Waals surface area (Å²) in [4.78, 5) is 59.4. The predicted molar refractivity (Wildman–Crippen MR) is 113 cm³/mol. The van der Waals surface area contributed by atoms with Gasteiger partial charge in [-0.3, -0.25) is 14.4 Å². The van der Waals surface area contributed by atoms with Crippen molar-refractivity contribution in [1.82, 2.24) is 5.32 Å². The molecule has 0 aromatic rings. The SMILES string of the molecule is CC(=O)/C=C\C(=O)Cl.CC(=O)/C=C\C(=O)O.CNC.O=C1C=CC(=O)O1.O=S(Cl)Cl. The number of rotatable bonds is 4. The zero-order chi connectivity index (χ0) is 24.7. The van der Waals surface area contributed by atoms with Crippen LogP contribution in [0.3, 0.4) is 0 Å². The third-order valence-corrected chi connectivity index (χ3v) is 1.59. The van der Waals surface area contributed by atoms with E-state index >= 15 is 0 Å². The standard InChI is InChI=1S/C5H5ClO2.C5H6O3.C4H2O3.C2H7N.Cl2OS/c1-4(7)2-3-5(6)8;1-4(6)2-3-5(7)8;5-3-1-2-4(6)7-3;1-3-2;1-4(2)3/h2-3H,1H3;2-3H,1H3,(H,7,8);1-2H;3H,1-2H3;/b2*3-2-;;;. The summed E-state index contributed by atoms with van der Waals surface area (Å²) >= 11 is 4.84. The van der Waals surface area contributed by atoms with Crippen LogP contribution in [0.4, 0.5) is 0 Å². The van der Waals surface area contributed by atoms with Crippen molar-refractivity contribution in [2.24, 2.45) is 0 Å². The van der Waals surface area contributed by atoms with Gasteiger partial charge in [-0.2, -0.15) is 0 Å². The van der Waals surface area contributed by atoms with Crippen molar-refractivity contribution >= 4 is 76.9 Å². The monoisotopic (exact) mass is 507 g/mol. The molecule has 0 amide bonds.